The van der Waals surface area contributed by atoms with E-state index in [0.717, 1.165) is 21.2 Å². The Morgan fingerprint density at radius 3 is 2.53 bits per heavy atom. The number of phenolic OH excluding ortho intramolecular Hbond substituents is 1. The fraction of sp³-hybridized carbons (Fsp3) is 0.273. The molecule has 0 aromatic heterocycles. The molecule has 3 N–H and O–H groups in total. The summed E-state index contributed by atoms with van der Waals surface area (Å²) in [6, 6.07) is 1.38. The maximum absolute atomic E-state index is 9.75. The third-order valence-corrected chi connectivity index (χ3v) is 3.52. The summed E-state index contributed by atoms with van der Waals surface area (Å²) in [4.78, 5) is 0. The second-order valence-corrected chi connectivity index (χ2v) is 4.12. The molecule has 15 heavy (non-hydrogen) atoms. The molecular weight excluding hydrogens is 277 g/mol. The van der Waals surface area contributed by atoms with Crippen LogP contribution in [-0.4, -0.2) is 5.11 Å². The molecular formula is C11H15BrClNO. The van der Waals surface area contributed by atoms with Gasteiger partial charge in [-0.3, -0.25) is 0 Å². The molecule has 0 saturated carbocycles. The van der Waals surface area contributed by atoms with Crippen LogP contribution in [-0.2, 0) is 0 Å². The summed E-state index contributed by atoms with van der Waals surface area (Å²) in [6.45, 7) is 7.48. The summed E-state index contributed by atoms with van der Waals surface area (Å²) in [7, 11) is 0. The van der Waals surface area contributed by atoms with E-state index in [1.54, 1.807) is 12.1 Å². The number of benzene rings is 1. The van der Waals surface area contributed by atoms with Crippen molar-refractivity contribution in [3.8, 4) is 5.75 Å². The van der Waals surface area contributed by atoms with Gasteiger partial charge in [-0.1, -0.05) is 22.0 Å². The highest BCUT2D eigenvalue weighted by Gasteiger charge is 2.14. The maximum Gasteiger partial charge on any atom is 0.121 e. The highest BCUT2D eigenvalue weighted by atomic mass is 79.9. The van der Waals surface area contributed by atoms with E-state index in [1.807, 2.05) is 13.8 Å². The number of rotatable bonds is 2. The minimum absolute atomic E-state index is 0. The zero-order valence-electron chi connectivity index (χ0n) is 8.75. The van der Waals surface area contributed by atoms with Crippen LogP contribution in [0.25, 0.3) is 0 Å². The van der Waals surface area contributed by atoms with Crippen LogP contribution in [0.5, 0.6) is 5.75 Å². The normalized spacial score (nSPS) is 11.7. The SMILES string of the molecule is C=C[C@H](N)c1c(O)cc(C)c(Br)c1C.Cl. The molecule has 84 valence electrons. The van der Waals surface area contributed by atoms with Gasteiger partial charge in [0.15, 0.2) is 0 Å². The van der Waals surface area contributed by atoms with Gasteiger partial charge in [-0.05, 0) is 31.0 Å². The fourth-order valence-corrected chi connectivity index (χ4v) is 1.82. The van der Waals surface area contributed by atoms with Crippen molar-refractivity contribution in [1.29, 1.82) is 0 Å². The lowest BCUT2D eigenvalue weighted by molar-refractivity contribution is 0.464. The summed E-state index contributed by atoms with van der Waals surface area (Å²) in [5.41, 5.74) is 8.52. The average Bonchev–Trinajstić information content (AvgIpc) is 2.14. The highest BCUT2D eigenvalue weighted by Crippen LogP contribution is 2.34. The largest absolute Gasteiger partial charge is 0.508 e. The molecule has 0 aliphatic carbocycles. The van der Waals surface area contributed by atoms with Gasteiger partial charge in [0.05, 0.1) is 6.04 Å². The van der Waals surface area contributed by atoms with Crippen LogP contribution < -0.4 is 5.73 Å². The van der Waals surface area contributed by atoms with E-state index in [0.29, 0.717) is 0 Å². The van der Waals surface area contributed by atoms with Crippen LogP contribution in [0.1, 0.15) is 22.7 Å². The van der Waals surface area contributed by atoms with E-state index in [2.05, 4.69) is 22.5 Å². The van der Waals surface area contributed by atoms with Crippen molar-refractivity contribution in [1.82, 2.24) is 0 Å². The third-order valence-electron chi connectivity index (χ3n) is 2.30. The molecule has 0 unspecified atom stereocenters. The van der Waals surface area contributed by atoms with Gasteiger partial charge in [-0.25, -0.2) is 0 Å². The van der Waals surface area contributed by atoms with Crippen LogP contribution in [0.3, 0.4) is 0 Å². The first-order valence-corrected chi connectivity index (χ1v) is 5.15. The standard InChI is InChI=1S/C11H14BrNO.ClH/c1-4-8(13)10-7(3)11(12)6(2)5-9(10)14;/h4-5,8,14H,1,13H2,2-3H3;1H/t8-;/m0./s1. The predicted molar refractivity (Wildman–Crippen MR) is 69.7 cm³/mol. The van der Waals surface area contributed by atoms with E-state index in [1.165, 1.54) is 0 Å². The molecule has 0 aliphatic heterocycles. The summed E-state index contributed by atoms with van der Waals surface area (Å²) >= 11 is 3.46. The molecule has 0 radical (unpaired) electrons. The molecule has 1 rings (SSSR count). The van der Waals surface area contributed by atoms with Crippen LogP contribution in [0.4, 0.5) is 0 Å². The van der Waals surface area contributed by atoms with Crippen LogP contribution in [0, 0.1) is 13.8 Å². The Morgan fingerprint density at radius 2 is 2.07 bits per heavy atom. The smallest absolute Gasteiger partial charge is 0.121 e. The van der Waals surface area contributed by atoms with Gasteiger partial charge < -0.3 is 10.8 Å². The van der Waals surface area contributed by atoms with Gasteiger partial charge in [-0.15, -0.1) is 19.0 Å². The van der Waals surface area contributed by atoms with E-state index in [-0.39, 0.29) is 24.2 Å². The molecule has 4 heteroatoms. The van der Waals surface area contributed by atoms with Crippen LogP contribution in [0.15, 0.2) is 23.2 Å². The number of hydrogen-bond acceptors (Lipinski definition) is 2. The van der Waals surface area contributed by atoms with Crippen molar-refractivity contribution in [2.45, 2.75) is 19.9 Å². The van der Waals surface area contributed by atoms with Gasteiger partial charge in [0.25, 0.3) is 0 Å². The number of nitrogens with two attached hydrogens (primary N) is 1. The Labute approximate surface area is 105 Å². The van der Waals surface area contributed by atoms with E-state index in [4.69, 9.17) is 5.73 Å². The number of halogens is 2. The Kier molecular flexibility index (Phi) is 5.35. The quantitative estimate of drug-likeness (QED) is 0.821. The van der Waals surface area contributed by atoms with Crippen molar-refractivity contribution in [3.05, 3.63) is 39.9 Å². The number of phenols is 1. The van der Waals surface area contributed by atoms with Gasteiger partial charge in [-0.2, -0.15) is 0 Å². The molecule has 1 atom stereocenters. The fourth-order valence-electron chi connectivity index (χ4n) is 1.49. The van der Waals surface area contributed by atoms with Gasteiger partial charge >= 0.3 is 0 Å². The van der Waals surface area contributed by atoms with Crippen molar-refractivity contribution >= 4 is 28.3 Å². The number of aromatic hydroxyl groups is 1. The molecule has 0 spiro atoms. The molecule has 2 nitrogen and oxygen atoms in total. The summed E-state index contributed by atoms with van der Waals surface area (Å²) in [6.07, 6.45) is 1.61. The van der Waals surface area contributed by atoms with Gasteiger partial charge in [0.1, 0.15) is 5.75 Å². The Bertz CT molecular complexity index is 379. The summed E-state index contributed by atoms with van der Waals surface area (Å²) in [5, 5.41) is 9.75. The Morgan fingerprint density at radius 1 is 1.53 bits per heavy atom. The predicted octanol–water partition coefficient (Wildman–Crippen LogP) is 3.38. The lowest BCUT2D eigenvalue weighted by Crippen LogP contribution is -2.09. The van der Waals surface area contributed by atoms with Crippen LogP contribution in [0.2, 0.25) is 0 Å². The first-order chi connectivity index (χ1) is 6.49. The average molecular weight is 293 g/mol. The van der Waals surface area contributed by atoms with Crippen molar-refractivity contribution in [2.75, 3.05) is 0 Å². The van der Waals surface area contributed by atoms with Gasteiger partial charge in [0.2, 0.25) is 0 Å². The minimum Gasteiger partial charge on any atom is -0.508 e. The molecule has 1 aromatic rings. The first kappa shape index (κ1) is 14.5. The summed E-state index contributed by atoms with van der Waals surface area (Å²) < 4.78 is 0.989. The molecule has 0 saturated heterocycles. The lowest BCUT2D eigenvalue weighted by atomic mass is 9.98. The monoisotopic (exact) mass is 291 g/mol. The zero-order chi connectivity index (χ0) is 10.9. The number of aryl methyl sites for hydroxylation is 1. The van der Waals surface area contributed by atoms with Crippen molar-refractivity contribution < 1.29 is 5.11 Å². The topological polar surface area (TPSA) is 46.2 Å². The Hall–Kier alpha value is -0.510. The molecule has 0 amide bonds. The maximum atomic E-state index is 9.75. The molecule has 0 bridgehead atoms. The first-order valence-electron chi connectivity index (χ1n) is 4.35. The van der Waals surface area contributed by atoms with Gasteiger partial charge in [0, 0.05) is 10.0 Å². The number of hydrogen-bond donors (Lipinski definition) is 2. The molecule has 0 fully saturated rings. The Balaban J connectivity index is 0.00000196. The minimum atomic E-state index is -0.327. The van der Waals surface area contributed by atoms with Crippen molar-refractivity contribution in [2.24, 2.45) is 5.73 Å². The highest BCUT2D eigenvalue weighted by molar-refractivity contribution is 9.10. The van der Waals surface area contributed by atoms with Crippen LogP contribution >= 0.6 is 28.3 Å². The van der Waals surface area contributed by atoms with E-state index < -0.39 is 0 Å². The summed E-state index contributed by atoms with van der Waals surface area (Å²) in [5.74, 6) is 0.232. The lowest BCUT2D eigenvalue weighted by Gasteiger charge is -2.15. The molecule has 0 aliphatic rings. The second kappa shape index (κ2) is 5.54. The zero-order valence-corrected chi connectivity index (χ0v) is 11.2. The second-order valence-electron chi connectivity index (χ2n) is 3.33. The van der Waals surface area contributed by atoms with Crippen molar-refractivity contribution in [3.63, 3.8) is 0 Å². The van der Waals surface area contributed by atoms with E-state index in [9.17, 15) is 5.11 Å². The van der Waals surface area contributed by atoms with E-state index >= 15 is 0 Å². The third kappa shape index (κ3) is 2.74. The molecule has 1 aromatic carbocycles. The molecule has 0 heterocycles.